The first-order valence-electron chi connectivity index (χ1n) is 11.3. The summed E-state index contributed by atoms with van der Waals surface area (Å²) < 4.78 is 0. The maximum Gasteiger partial charge on any atom is 0.191 e. The fraction of sp³-hybridized carbons (Fsp3) is 0.207. The lowest BCUT2D eigenvalue weighted by Crippen LogP contribution is -2.47. The second-order valence-electron chi connectivity index (χ2n) is 8.92. The van der Waals surface area contributed by atoms with E-state index in [1.165, 1.54) is 5.56 Å². The number of nitrogens with two attached hydrogens (primary N) is 1. The number of hydrogen-bond donors (Lipinski definition) is 1. The molecule has 164 valence electrons. The van der Waals surface area contributed by atoms with Crippen LogP contribution >= 0.6 is 0 Å². The molecule has 0 fully saturated rings. The van der Waals surface area contributed by atoms with Crippen LogP contribution in [0.5, 0.6) is 0 Å². The highest BCUT2D eigenvalue weighted by Gasteiger charge is 2.54. The Morgan fingerprint density at radius 3 is 2.35 bits per heavy atom. The van der Waals surface area contributed by atoms with Crippen molar-refractivity contribution in [2.45, 2.75) is 12.5 Å². The number of hydrogen-bond acceptors (Lipinski definition) is 5. The summed E-state index contributed by atoms with van der Waals surface area (Å²) in [5.74, 6) is -0.722. The Bertz CT molecular complexity index is 1430. The molecule has 0 unspecified atom stereocenters. The number of nitriles is 3. The molecule has 1 aliphatic carbocycles. The maximum atomic E-state index is 10.4. The molecular weight excluding hydrogens is 418 g/mol. The van der Waals surface area contributed by atoms with Crippen LogP contribution in [-0.4, -0.2) is 18.0 Å². The molecule has 1 heterocycles. The Balaban J connectivity index is 1.71. The molecule has 5 nitrogen and oxygen atoms in total. The lowest BCUT2D eigenvalue weighted by Gasteiger charge is -2.46. The first kappa shape index (κ1) is 21.5. The summed E-state index contributed by atoms with van der Waals surface area (Å²) in [7, 11) is 0. The van der Waals surface area contributed by atoms with Crippen LogP contribution < -0.4 is 5.73 Å². The molecule has 34 heavy (non-hydrogen) atoms. The van der Waals surface area contributed by atoms with Gasteiger partial charge in [0, 0.05) is 31.5 Å². The number of benzene rings is 3. The highest BCUT2D eigenvalue weighted by atomic mass is 15.1. The molecule has 3 aromatic rings. The number of nitrogens with zero attached hydrogens (tertiary/aromatic N) is 4. The average molecular weight is 442 g/mol. The van der Waals surface area contributed by atoms with E-state index in [2.05, 4.69) is 41.3 Å². The average Bonchev–Trinajstić information content (AvgIpc) is 2.89. The van der Waals surface area contributed by atoms with Gasteiger partial charge in [-0.3, -0.25) is 4.90 Å². The van der Waals surface area contributed by atoms with Gasteiger partial charge >= 0.3 is 0 Å². The minimum atomic E-state index is -1.63. The molecule has 0 bridgehead atoms. The number of allylic oxidation sites excluding steroid dienone is 2. The molecule has 5 heteroatoms. The molecule has 2 atom stereocenters. The Morgan fingerprint density at radius 1 is 0.912 bits per heavy atom. The molecule has 0 saturated heterocycles. The van der Waals surface area contributed by atoms with E-state index in [1.807, 2.05) is 60.7 Å². The molecule has 0 saturated carbocycles. The van der Waals surface area contributed by atoms with Gasteiger partial charge in [0.05, 0.1) is 23.4 Å². The molecule has 5 rings (SSSR count). The smallest absolute Gasteiger partial charge is 0.191 e. The lowest BCUT2D eigenvalue weighted by molar-refractivity contribution is 0.201. The van der Waals surface area contributed by atoms with E-state index in [0.29, 0.717) is 13.1 Å². The lowest BCUT2D eigenvalue weighted by atomic mass is 9.57. The number of fused-ring (bicyclic) bond motifs is 2. The first-order chi connectivity index (χ1) is 16.6. The zero-order chi connectivity index (χ0) is 23.7. The fourth-order valence-corrected chi connectivity index (χ4v) is 5.58. The van der Waals surface area contributed by atoms with E-state index in [-0.39, 0.29) is 17.2 Å². The minimum absolute atomic E-state index is 0.0666. The van der Waals surface area contributed by atoms with E-state index in [9.17, 15) is 15.8 Å². The van der Waals surface area contributed by atoms with Crippen molar-refractivity contribution in [3.8, 4) is 18.2 Å². The zero-order valence-electron chi connectivity index (χ0n) is 18.6. The van der Waals surface area contributed by atoms with Crippen molar-refractivity contribution in [1.82, 2.24) is 4.90 Å². The van der Waals surface area contributed by atoms with Gasteiger partial charge in [-0.15, -0.1) is 0 Å². The largest absolute Gasteiger partial charge is 0.399 e. The highest BCUT2D eigenvalue weighted by Crippen LogP contribution is 2.55. The summed E-state index contributed by atoms with van der Waals surface area (Å²) in [6.07, 6.45) is 2.05. The van der Waals surface area contributed by atoms with Crippen LogP contribution in [0.3, 0.4) is 0 Å². The van der Waals surface area contributed by atoms with Crippen molar-refractivity contribution in [2.24, 2.45) is 17.1 Å². The van der Waals surface area contributed by atoms with Gasteiger partial charge in [0.25, 0.3) is 0 Å². The van der Waals surface area contributed by atoms with Gasteiger partial charge in [0.15, 0.2) is 5.41 Å². The second kappa shape index (κ2) is 8.53. The predicted molar refractivity (Wildman–Crippen MR) is 130 cm³/mol. The monoisotopic (exact) mass is 441 g/mol. The minimum Gasteiger partial charge on any atom is -0.399 e. The summed E-state index contributed by atoms with van der Waals surface area (Å²) >= 11 is 0. The van der Waals surface area contributed by atoms with Crippen LogP contribution in [0, 0.1) is 45.3 Å². The molecule has 0 aromatic heterocycles. The highest BCUT2D eigenvalue weighted by molar-refractivity contribution is 5.87. The van der Waals surface area contributed by atoms with Crippen molar-refractivity contribution in [2.75, 3.05) is 13.1 Å². The Labute approximate surface area is 199 Å². The van der Waals surface area contributed by atoms with Crippen molar-refractivity contribution in [3.63, 3.8) is 0 Å². The van der Waals surface area contributed by atoms with E-state index in [1.54, 1.807) is 0 Å². The maximum absolute atomic E-state index is 10.4. The predicted octanol–water partition coefficient (Wildman–Crippen LogP) is 4.77. The Kier molecular flexibility index (Phi) is 5.39. The third-order valence-corrected chi connectivity index (χ3v) is 7.15. The Morgan fingerprint density at radius 2 is 1.62 bits per heavy atom. The molecule has 0 radical (unpaired) electrons. The van der Waals surface area contributed by atoms with Gasteiger partial charge in [0.2, 0.25) is 0 Å². The number of rotatable bonds is 3. The van der Waals surface area contributed by atoms with E-state index >= 15 is 0 Å². The van der Waals surface area contributed by atoms with Gasteiger partial charge in [-0.2, -0.15) is 15.8 Å². The molecule has 1 aliphatic heterocycles. The van der Waals surface area contributed by atoms with Crippen molar-refractivity contribution >= 4 is 10.8 Å². The van der Waals surface area contributed by atoms with Gasteiger partial charge in [-0.05, 0) is 27.5 Å². The summed E-state index contributed by atoms with van der Waals surface area (Å²) in [6.45, 7) is 2.04. The molecular formula is C29H23N5. The summed E-state index contributed by atoms with van der Waals surface area (Å²) in [5.41, 5.74) is 8.16. The van der Waals surface area contributed by atoms with Crippen molar-refractivity contribution in [3.05, 3.63) is 107 Å². The van der Waals surface area contributed by atoms with Crippen LogP contribution in [-0.2, 0) is 6.54 Å². The van der Waals surface area contributed by atoms with Crippen LogP contribution in [0.4, 0.5) is 0 Å². The van der Waals surface area contributed by atoms with E-state index in [0.717, 1.165) is 28.5 Å². The zero-order valence-corrected chi connectivity index (χ0v) is 18.6. The third-order valence-electron chi connectivity index (χ3n) is 7.15. The van der Waals surface area contributed by atoms with Gasteiger partial charge in [-0.25, -0.2) is 0 Å². The van der Waals surface area contributed by atoms with Crippen LogP contribution in [0.15, 0.2) is 95.7 Å². The first-order valence-corrected chi connectivity index (χ1v) is 11.3. The molecule has 2 aliphatic rings. The molecule has 2 N–H and O–H groups in total. The van der Waals surface area contributed by atoms with Crippen LogP contribution in [0.25, 0.3) is 10.8 Å². The van der Waals surface area contributed by atoms with Crippen LogP contribution in [0.1, 0.15) is 17.0 Å². The fourth-order valence-electron chi connectivity index (χ4n) is 5.58. The molecule has 0 spiro atoms. The SMILES string of the molecule is N#CC1=C(N)C(C#N)(C#N)[C@@H](c2cccc3ccccc23)[C@@H]2CN(Cc3ccccc3)CC=C12. The van der Waals surface area contributed by atoms with Gasteiger partial charge in [-0.1, -0.05) is 78.9 Å². The summed E-state index contributed by atoms with van der Waals surface area (Å²) in [5, 5.41) is 32.8. The van der Waals surface area contributed by atoms with E-state index < -0.39 is 11.3 Å². The van der Waals surface area contributed by atoms with Gasteiger partial charge < -0.3 is 5.73 Å². The normalized spacial score (nSPS) is 21.6. The Hall–Kier alpha value is -4.37. The third kappa shape index (κ3) is 3.25. The molecule has 0 amide bonds. The van der Waals surface area contributed by atoms with Crippen LogP contribution in [0.2, 0.25) is 0 Å². The van der Waals surface area contributed by atoms with Crippen molar-refractivity contribution in [1.29, 1.82) is 15.8 Å². The van der Waals surface area contributed by atoms with Gasteiger partial charge in [0.1, 0.15) is 6.07 Å². The second-order valence-corrected chi connectivity index (χ2v) is 8.92. The quantitative estimate of drug-likeness (QED) is 0.631. The standard InChI is InChI=1S/C29H23N5/c30-15-25-23-13-14-34(16-20-7-2-1-3-8-20)17-26(23)27(29(18-31,19-32)28(25)33)24-12-6-10-21-9-4-5-11-22(21)24/h1-13,26-27H,14,16-17,33H2/t26-,27+/m1/s1. The topological polar surface area (TPSA) is 101 Å². The van der Waals surface area contributed by atoms with E-state index in [4.69, 9.17) is 5.73 Å². The summed E-state index contributed by atoms with van der Waals surface area (Å²) in [4.78, 5) is 2.30. The summed E-state index contributed by atoms with van der Waals surface area (Å²) in [6, 6.07) is 30.9. The van der Waals surface area contributed by atoms with Crippen molar-refractivity contribution < 1.29 is 0 Å². The molecule has 3 aromatic carbocycles.